The molecule has 0 bridgehead atoms. The van der Waals surface area contributed by atoms with Gasteiger partial charge in [0.2, 0.25) is 0 Å². The maximum absolute atomic E-state index is 10.3. The summed E-state index contributed by atoms with van der Waals surface area (Å²) >= 11 is 0. The summed E-state index contributed by atoms with van der Waals surface area (Å²) in [5, 5.41) is 17.2. The van der Waals surface area contributed by atoms with Crippen molar-refractivity contribution < 1.29 is 5.11 Å². The van der Waals surface area contributed by atoms with E-state index >= 15 is 0 Å². The van der Waals surface area contributed by atoms with Gasteiger partial charge in [-0.25, -0.2) is 0 Å². The first-order chi connectivity index (χ1) is 9.36. The average Bonchev–Trinajstić information content (AvgIpc) is 2.49. The molecule has 0 aromatic heterocycles. The number of hydrogen-bond donors (Lipinski definition) is 3. The molecule has 2 aliphatic heterocycles. The molecule has 3 unspecified atom stereocenters. The SMILES string of the molecule is OC1CCNCC1C1CNCCN1c1ccccc1. The number of nitrogens with one attached hydrogen (secondary N) is 2. The van der Waals surface area contributed by atoms with Gasteiger partial charge in [-0.15, -0.1) is 0 Å². The highest BCUT2D eigenvalue weighted by molar-refractivity contribution is 5.48. The molecule has 0 saturated carbocycles. The summed E-state index contributed by atoms with van der Waals surface area (Å²) < 4.78 is 0. The molecular formula is C15H23N3O. The number of aliphatic hydroxyl groups is 1. The van der Waals surface area contributed by atoms with Crippen molar-refractivity contribution in [3.63, 3.8) is 0 Å². The zero-order valence-corrected chi connectivity index (χ0v) is 11.3. The maximum atomic E-state index is 10.3. The summed E-state index contributed by atoms with van der Waals surface area (Å²) in [6.45, 7) is 4.83. The molecule has 0 aliphatic carbocycles. The Kier molecular flexibility index (Phi) is 4.01. The van der Waals surface area contributed by atoms with E-state index in [0.717, 1.165) is 39.1 Å². The van der Waals surface area contributed by atoms with Gasteiger partial charge in [-0.2, -0.15) is 0 Å². The van der Waals surface area contributed by atoms with E-state index in [4.69, 9.17) is 0 Å². The predicted octanol–water partition coefficient (Wildman–Crippen LogP) is 0.435. The molecule has 0 spiro atoms. The molecule has 2 saturated heterocycles. The molecule has 2 heterocycles. The molecule has 2 aliphatic rings. The lowest BCUT2D eigenvalue weighted by atomic mass is 9.86. The molecule has 4 nitrogen and oxygen atoms in total. The Bertz CT molecular complexity index is 398. The van der Waals surface area contributed by atoms with Crippen LogP contribution < -0.4 is 15.5 Å². The molecule has 3 N–H and O–H groups in total. The van der Waals surface area contributed by atoms with E-state index in [-0.39, 0.29) is 6.10 Å². The van der Waals surface area contributed by atoms with Crippen LogP contribution in [0.25, 0.3) is 0 Å². The zero-order valence-electron chi connectivity index (χ0n) is 11.3. The molecule has 0 radical (unpaired) electrons. The van der Waals surface area contributed by atoms with Crippen molar-refractivity contribution in [2.24, 2.45) is 5.92 Å². The number of para-hydroxylation sites is 1. The van der Waals surface area contributed by atoms with Crippen molar-refractivity contribution in [1.29, 1.82) is 0 Å². The second kappa shape index (κ2) is 5.90. The number of anilines is 1. The minimum atomic E-state index is -0.183. The van der Waals surface area contributed by atoms with Crippen molar-refractivity contribution in [3.05, 3.63) is 30.3 Å². The summed E-state index contributed by atoms with van der Waals surface area (Å²) in [6, 6.07) is 10.9. The van der Waals surface area contributed by atoms with Gasteiger partial charge in [-0.3, -0.25) is 0 Å². The Morgan fingerprint density at radius 3 is 2.63 bits per heavy atom. The van der Waals surface area contributed by atoms with E-state index in [1.165, 1.54) is 5.69 Å². The largest absolute Gasteiger partial charge is 0.393 e. The number of nitrogens with zero attached hydrogens (tertiary/aromatic N) is 1. The van der Waals surface area contributed by atoms with Gasteiger partial charge in [0.25, 0.3) is 0 Å². The van der Waals surface area contributed by atoms with E-state index in [1.54, 1.807) is 0 Å². The van der Waals surface area contributed by atoms with Gasteiger partial charge < -0.3 is 20.6 Å². The van der Waals surface area contributed by atoms with Gasteiger partial charge in [0.15, 0.2) is 0 Å². The highest BCUT2D eigenvalue weighted by Crippen LogP contribution is 2.26. The average molecular weight is 261 g/mol. The third kappa shape index (κ3) is 2.76. The van der Waals surface area contributed by atoms with E-state index in [2.05, 4.69) is 45.9 Å². The fraction of sp³-hybridized carbons (Fsp3) is 0.600. The second-order valence-electron chi connectivity index (χ2n) is 5.52. The number of benzene rings is 1. The van der Waals surface area contributed by atoms with Crippen molar-refractivity contribution in [2.45, 2.75) is 18.6 Å². The van der Waals surface area contributed by atoms with Gasteiger partial charge in [0.05, 0.1) is 6.10 Å². The van der Waals surface area contributed by atoms with Crippen LogP contribution in [0.15, 0.2) is 30.3 Å². The van der Waals surface area contributed by atoms with Crippen LogP contribution in [0.3, 0.4) is 0 Å². The predicted molar refractivity (Wildman–Crippen MR) is 77.4 cm³/mol. The molecule has 0 amide bonds. The summed E-state index contributed by atoms with van der Waals surface area (Å²) in [6.07, 6.45) is 0.682. The van der Waals surface area contributed by atoms with Gasteiger partial charge in [0, 0.05) is 43.8 Å². The second-order valence-corrected chi connectivity index (χ2v) is 5.52. The molecule has 4 heteroatoms. The quantitative estimate of drug-likeness (QED) is 0.723. The Morgan fingerprint density at radius 1 is 1.05 bits per heavy atom. The topological polar surface area (TPSA) is 47.5 Å². The van der Waals surface area contributed by atoms with Crippen molar-refractivity contribution in [3.8, 4) is 0 Å². The molecule has 1 aromatic carbocycles. The summed E-state index contributed by atoms with van der Waals surface area (Å²) in [4.78, 5) is 2.46. The monoisotopic (exact) mass is 261 g/mol. The first-order valence-corrected chi connectivity index (χ1v) is 7.27. The lowest BCUT2D eigenvalue weighted by Crippen LogP contribution is -2.60. The number of aliphatic hydroxyl groups excluding tert-OH is 1. The fourth-order valence-electron chi connectivity index (χ4n) is 3.31. The maximum Gasteiger partial charge on any atom is 0.0612 e. The van der Waals surface area contributed by atoms with Crippen LogP contribution in [0.5, 0.6) is 0 Å². The molecular weight excluding hydrogens is 238 g/mol. The number of rotatable bonds is 2. The van der Waals surface area contributed by atoms with Gasteiger partial charge in [-0.1, -0.05) is 18.2 Å². The van der Waals surface area contributed by atoms with Gasteiger partial charge >= 0.3 is 0 Å². The standard InChI is InChI=1S/C15H23N3O/c19-15-6-7-16-10-13(15)14-11-17-8-9-18(14)12-4-2-1-3-5-12/h1-5,13-17,19H,6-11H2. The van der Waals surface area contributed by atoms with Gasteiger partial charge in [-0.05, 0) is 25.1 Å². The van der Waals surface area contributed by atoms with Gasteiger partial charge in [0.1, 0.15) is 0 Å². The summed E-state index contributed by atoms with van der Waals surface area (Å²) in [7, 11) is 0. The van der Waals surface area contributed by atoms with Crippen LogP contribution in [0.4, 0.5) is 5.69 Å². The molecule has 1 aromatic rings. The third-order valence-corrected chi connectivity index (χ3v) is 4.36. The van der Waals surface area contributed by atoms with E-state index in [9.17, 15) is 5.11 Å². The van der Waals surface area contributed by atoms with E-state index in [0.29, 0.717) is 12.0 Å². The number of piperazine rings is 1. The first kappa shape index (κ1) is 12.9. The fourth-order valence-corrected chi connectivity index (χ4v) is 3.31. The van der Waals surface area contributed by atoms with Crippen LogP contribution in [-0.4, -0.2) is 50.0 Å². The van der Waals surface area contributed by atoms with E-state index < -0.39 is 0 Å². The lowest BCUT2D eigenvalue weighted by molar-refractivity contribution is 0.0610. The normalized spacial score (nSPS) is 32.3. The smallest absolute Gasteiger partial charge is 0.0612 e. The summed E-state index contributed by atoms with van der Waals surface area (Å²) in [5.41, 5.74) is 1.27. The van der Waals surface area contributed by atoms with Crippen LogP contribution >= 0.6 is 0 Å². The highest BCUT2D eigenvalue weighted by atomic mass is 16.3. The van der Waals surface area contributed by atoms with Crippen LogP contribution in [0.2, 0.25) is 0 Å². The third-order valence-electron chi connectivity index (χ3n) is 4.36. The highest BCUT2D eigenvalue weighted by Gasteiger charge is 2.35. The lowest BCUT2D eigenvalue weighted by Gasteiger charge is -2.45. The number of hydrogen-bond acceptors (Lipinski definition) is 4. The molecule has 104 valence electrons. The summed E-state index contributed by atoms with van der Waals surface area (Å²) in [5.74, 6) is 0.307. The molecule has 2 fully saturated rings. The van der Waals surface area contributed by atoms with Crippen LogP contribution in [0, 0.1) is 5.92 Å². The number of piperidine rings is 1. The molecule has 3 rings (SSSR count). The first-order valence-electron chi connectivity index (χ1n) is 7.27. The minimum Gasteiger partial charge on any atom is -0.393 e. The molecule has 3 atom stereocenters. The Hall–Kier alpha value is -1.10. The minimum absolute atomic E-state index is 0.183. The van der Waals surface area contributed by atoms with E-state index in [1.807, 2.05) is 0 Å². The van der Waals surface area contributed by atoms with Crippen molar-refractivity contribution >= 4 is 5.69 Å². The van der Waals surface area contributed by atoms with Crippen LogP contribution in [0.1, 0.15) is 6.42 Å². The molecule has 19 heavy (non-hydrogen) atoms. The van der Waals surface area contributed by atoms with Crippen molar-refractivity contribution in [2.75, 3.05) is 37.6 Å². The Labute approximate surface area is 114 Å². The Morgan fingerprint density at radius 2 is 1.84 bits per heavy atom. The Balaban J connectivity index is 1.80. The van der Waals surface area contributed by atoms with Crippen LogP contribution in [-0.2, 0) is 0 Å². The van der Waals surface area contributed by atoms with Crippen molar-refractivity contribution in [1.82, 2.24) is 10.6 Å². The zero-order chi connectivity index (χ0) is 13.1.